The second-order valence-corrected chi connectivity index (χ2v) is 4.25. The maximum absolute atomic E-state index is 10.5. The van der Waals surface area contributed by atoms with E-state index in [4.69, 9.17) is 0 Å². The van der Waals surface area contributed by atoms with Crippen molar-refractivity contribution in [2.75, 3.05) is 13.6 Å². The molecule has 0 bridgehead atoms. The summed E-state index contributed by atoms with van der Waals surface area (Å²) in [5, 5.41) is 10.6. The number of carbonyl (C=O) groups excluding carboxylic acids is 1. The van der Waals surface area contributed by atoms with Crippen LogP contribution in [0.4, 0.5) is 0 Å². The fourth-order valence-corrected chi connectivity index (χ4v) is 2.43. The number of aromatic nitrogens is 1. The van der Waals surface area contributed by atoms with Crippen LogP contribution in [0.5, 0.6) is 0 Å². The van der Waals surface area contributed by atoms with E-state index in [0.717, 1.165) is 30.1 Å². The number of fused-ring (bicyclic) bond motifs is 1. The molecule has 1 aliphatic rings. The minimum atomic E-state index is -1.16. The number of hydrogen-bond donors (Lipinski definition) is 0. The van der Waals surface area contributed by atoms with Crippen molar-refractivity contribution < 1.29 is 39.5 Å². The molecule has 0 aromatic carbocycles. The van der Waals surface area contributed by atoms with Gasteiger partial charge < -0.3 is 14.8 Å². The number of hydrogen-bond acceptors (Lipinski definition) is 5. The quantitative estimate of drug-likeness (QED) is 0.461. The first-order valence-corrected chi connectivity index (χ1v) is 4.87. The van der Waals surface area contributed by atoms with Crippen LogP contribution in [-0.4, -0.2) is 29.4 Å². The fourth-order valence-electron chi connectivity index (χ4n) is 1.41. The predicted molar refractivity (Wildman–Crippen MR) is 46.5 cm³/mol. The topological polar surface area (TPSA) is 56.3 Å². The smallest absolute Gasteiger partial charge is 0.542 e. The van der Waals surface area contributed by atoms with Crippen LogP contribution < -0.4 is 34.7 Å². The normalized spacial score (nSPS) is 15.8. The average molecular weight is 220 g/mol. The van der Waals surface area contributed by atoms with Crippen LogP contribution in [0.2, 0.25) is 0 Å². The van der Waals surface area contributed by atoms with Gasteiger partial charge in [0.25, 0.3) is 0 Å². The molecule has 0 radical (unpaired) electrons. The summed E-state index contributed by atoms with van der Waals surface area (Å²) in [7, 11) is 2.02. The summed E-state index contributed by atoms with van der Waals surface area (Å²) < 4.78 is 0. The van der Waals surface area contributed by atoms with Crippen LogP contribution in [0.1, 0.15) is 20.4 Å². The zero-order valence-electron chi connectivity index (χ0n) is 8.24. The van der Waals surface area contributed by atoms with Gasteiger partial charge in [-0.15, -0.1) is 11.3 Å². The van der Waals surface area contributed by atoms with Crippen molar-refractivity contribution >= 4 is 17.3 Å². The Morgan fingerprint density at radius 2 is 2.36 bits per heavy atom. The maximum Gasteiger partial charge on any atom is 1.00 e. The molecule has 14 heavy (non-hydrogen) atoms. The van der Waals surface area contributed by atoms with Gasteiger partial charge in [0, 0.05) is 24.4 Å². The number of rotatable bonds is 1. The molecule has 0 spiro atoms. The van der Waals surface area contributed by atoms with Crippen LogP contribution in [0, 0.1) is 0 Å². The minimum Gasteiger partial charge on any atom is -0.542 e. The van der Waals surface area contributed by atoms with Gasteiger partial charge in [-0.25, -0.2) is 4.98 Å². The van der Waals surface area contributed by atoms with E-state index in [0.29, 0.717) is 0 Å². The molecule has 1 aromatic rings. The Bertz CT molecular complexity index is 353. The number of thiazole rings is 1. The summed E-state index contributed by atoms with van der Waals surface area (Å²) in [6.07, 6.45) is 0.843. The SMILES string of the molecule is CN1CCc2nc(C(=O)[O-])sc2C1.[Na+]. The molecule has 0 amide bonds. The molecule has 0 unspecified atom stereocenters. The summed E-state index contributed by atoms with van der Waals surface area (Å²) in [4.78, 5) is 17.8. The molecule has 4 nitrogen and oxygen atoms in total. The van der Waals surface area contributed by atoms with E-state index in [1.54, 1.807) is 0 Å². The van der Waals surface area contributed by atoms with Crippen LogP contribution >= 0.6 is 11.3 Å². The molecule has 70 valence electrons. The Balaban J connectivity index is 0.000000980. The van der Waals surface area contributed by atoms with Crippen molar-refractivity contribution in [1.29, 1.82) is 0 Å². The van der Waals surface area contributed by atoms with Gasteiger partial charge in [0.05, 0.1) is 5.69 Å². The van der Waals surface area contributed by atoms with Gasteiger partial charge in [0.15, 0.2) is 0 Å². The maximum atomic E-state index is 10.5. The number of carboxylic acids is 1. The van der Waals surface area contributed by atoms with Crippen LogP contribution in [0.3, 0.4) is 0 Å². The fraction of sp³-hybridized carbons (Fsp3) is 0.500. The zero-order chi connectivity index (χ0) is 9.42. The van der Waals surface area contributed by atoms with Gasteiger partial charge in [-0.3, -0.25) is 0 Å². The number of aromatic carboxylic acids is 1. The Hall–Kier alpha value is 0.0600. The second kappa shape index (κ2) is 4.72. The van der Waals surface area contributed by atoms with Crippen molar-refractivity contribution in [1.82, 2.24) is 9.88 Å². The van der Waals surface area contributed by atoms with Gasteiger partial charge in [-0.1, -0.05) is 0 Å². The van der Waals surface area contributed by atoms with Gasteiger partial charge >= 0.3 is 29.6 Å². The molecule has 1 aliphatic heterocycles. The molecule has 0 aliphatic carbocycles. The summed E-state index contributed by atoms with van der Waals surface area (Å²) >= 11 is 1.23. The molecule has 0 fully saturated rings. The molecule has 2 rings (SSSR count). The monoisotopic (exact) mass is 220 g/mol. The number of likely N-dealkylation sites (N-methyl/N-ethyl adjacent to an activating group) is 1. The molecule has 0 saturated heterocycles. The van der Waals surface area contributed by atoms with E-state index in [9.17, 15) is 9.90 Å². The number of carboxylic acid groups (broad SMARTS) is 1. The van der Waals surface area contributed by atoms with E-state index in [-0.39, 0.29) is 34.6 Å². The summed E-state index contributed by atoms with van der Waals surface area (Å²) in [5.74, 6) is -1.16. The van der Waals surface area contributed by atoms with Crippen LogP contribution in [0.15, 0.2) is 0 Å². The summed E-state index contributed by atoms with van der Waals surface area (Å²) in [6, 6.07) is 0. The van der Waals surface area contributed by atoms with E-state index >= 15 is 0 Å². The summed E-state index contributed by atoms with van der Waals surface area (Å²) in [5.41, 5.74) is 0.933. The molecular formula is C8H9N2NaO2S. The van der Waals surface area contributed by atoms with Gasteiger partial charge in [0.2, 0.25) is 0 Å². The number of nitrogens with zero attached hydrogens (tertiary/aromatic N) is 2. The van der Waals surface area contributed by atoms with E-state index < -0.39 is 5.97 Å². The zero-order valence-corrected chi connectivity index (χ0v) is 11.1. The van der Waals surface area contributed by atoms with Gasteiger partial charge in [0.1, 0.15) is 11.0 Å². The van der Waals surface area contributed by atoms with Crippen molar-refractivity contribution in [2.45, 2.75) is 13.0 Å². The molecule has 2 heterocycles. The third kappa shape index (κ3) is 2.35. The van der Waals surface area contributed by atoms with Crippen molar-refractivity contribution in [3.05, 3.63) is 15.6 Å². The van der Waals surface area contributed by atoms with Crippen LogP contribution in [-0.2, 0) is 13.0 Å². The molecule has 0 saturated carbocycles. The van der Waals surface area contributed by atoms with Gasteiger partial charge in [-0.2, -0.15) is 0 Å². The van der Waals surface area contributed by atoms with Crippen LogP contribution in [0.25, 0.3) is 0 Å². The Kier molecular flexibility index (Phi) is 4.09. The Labute approximate surface area is 108 Å². The molecule has 0 atom stereocenters. The van der Waals surface area contributed by atoms with Gasteiger partial charge in [-0.05, 0) is 7.05 Å². The minimum absolute atomic E-state index is 0. The third-order valence-electron chi connectivity index (χ3n) is 2.10. The number of carbonyl (C=O) groups is 1. The predicted octanol–water partition coefficient (Wildman–Crippen LogP) is -3.50. The first-order valence-electron chi connectivity index (χ1n) is 4.05. The standard InChI is InChI=1S/C8H10N2O2S.Na/c1-10-3-2-5-6(4-10)13-7(9-5)8(11)12;/h2-4H2,1H3,(H,11,12);/q;+1/p-1. The van der Waals surface area contributed by atoms with Crippen molar-refractivity contribution in [3.8, 4) is 0 Å². The van der Waals surface area contributed by atoms with E-state index in [1.165, 1.54) is 11.3 Å². The third-order valence-corrected chi connectivity index (χ3v) is 3.16. The Morgan fingerprint density at radius 3 is 3.00 bits per heavy atom. The Morgan fingerprint density at radius 1 is 1.64 bits per heavy atom. The molecular weight excluding hydrogens is 211 g/mol. The van der Waals surface area contributed by atoms with Crippen molar-refractivity contribution in [3.63, 3.8) is 0 Å². The van der Waals surface area contributed by atoms with E-state index in [2.05, 4.69) is 9.88 Å². The van der Waals surface area contributed by atoms with E-state index in [1.807, 2.05) is 7.05 Å². The average Bonchev–Trinajstić information content (AvgIpc) is 2.46. The second-order valence-electron chi connectivity index (χ2n) is 3.16. The molecule has 0 N–H and O–H groups in total. The summed E-state index contributed by atoms with van der Waals surface area (Å²) in [6.45, 7) is 1.75. The largest absolute Gasteiger partial charge is 1.00 e. The molecule has 1 aromatic heterocycles. The molecule has 6 heteroatoms. The van der Waals surface area contributed by atoms with Crippen molar-refractivity contribution in [2.24, 2.45) is 0 Å². The first-order chi connectivity index (χ1) is 6.16. The first kappa shape index (κ1) is 12.1.